The lowest BCUT2D eigenvalue weighted by Gasteiger charge is -2.08. The highest BCUT2D eigenvalue weighted by Gasteiger charge is 2.15. The molecule has 3 heterocycles. The Bertz CT molecular complexity index is 1350. The Balaban J connectivity index is 1.62. The van der Waals surface area contributed by atoms with Crippen LogP contribution in [0.5, 0.6) is 0 Å². The van der Waals surface area contributed by atoms with Gasteiger partial charge in [0.25, 0.3) is 0 Å². The van der Waals surface area contributed by atoms with Crippen molar-refractivity contribution in [2.75, 3.05) is 0 Å². The fourth-order valence-corrected chi connectivity index (χ4v) is 3.82. The summed E-state index contributed by atoms with van der Waals surface area (Å²) in [6, 6.07) is 18.9. The van der Waals surface area contributed by atoms with E-state index in [2.05, 4.69) is 12.1 Å². The third-order valence-corrected chi connectivity index (χ3v) is 5.49. The standard InChI is InChI=1S/C26H22FN3O/c1-17-12-21(31-18(17)2)14-20-15-30-16-25(22-10-6-7-11-23(22)27)29-24(26(30)28-20)13-19-8-4-3-5-9-19/h3-12,15-16H,13-14H2,1-2H3. The van der Waals surface area contributed by atoms with Crippen LogP contribution < -0.4 is 0 Å². The number of benzene rings is 2. The Morgan fingerprint density at radius 2 is 1.68 bits per heavy atom. The zero-order valence-electron chi connectivity index (χ0n) is 17.5. The van der Waals surface area contributed by atoms with Crippen molar-refractivity contribution in [3.8, 4) is 11.3 Å². The quantitative estimate of drug-likeness (QED) is 0.360. The minimum atomic E-state index is -0.290. The number of nitrogens with zero attached hydrogens (tertiary/aromatic N) is 3. The molecule has 0 amide bonds. The van der Waals surface area contributed by atoms with Gasteiger partial charge in [-0.05, 0) is 43.2 Å². The molecule has 0 atom stereocenters. The number of halogens is 1. The van der Waals surface area contributed by atoms with E-state index in [1.54, 1.807) is 12.1 Å². The van der Waals surface area contributed by atoms with Gasteiger partial charge in [-0.2, -0.15) is 0 Å². The van der Waals surface area contributed by atoms with E-state index in [0.717, 1.165) is 39.7 Å². The summed E-state index contributed by atoms with van der Waals surface area (Å²) in [6.45, 7) is 4.00. The van der Waals surface area contributed by atoms with Crippen molar-refractivity contribution in [2.24, 2.45) is 0 Å². The number of hydrogen-bond acceptors (Lipinski definition) is 3. The Hall–Kier alpha value is -3.73. The highest BCUT2D eigenvalue weighted by atomic mass is 19.1. The van der Waals surface area contributed by atoms with Crippen molar-refractivity contribution in [1.82, 2.24) is 14.4 Å². The molecule has 4 nitrogen and oxygen atoms in total. The van der Waals surface area contributed by atoms with Crippen LogP contribution in [0.3, 0.4) is 0 Å². The first-order valence-corrected chi connectivity index (χ1v) is 10.3. The monoisotopic (exact) mass is 411 g/mol. The van der Waals surface area contributed by atoms with E-state index >= 15 is 0 Å². The summed E-state index contributed by atoms with van der Waals surface area (Å²) in [5.41, 5.74) is 5.80. The highest BCUT2D eigenvalue weighted by Crippen LogP contribution is 2.25. The van der Waals surface area contributed by atoms with Gasteiger partial charge in [-0.1, -0.05) is 42.5 Å². The van der Waals surface area contributed by atoms with Crippen LogP contribution in [0, 0.1) is 19.7 Å². The van der Waals surface area contributed by atoms with Crippen molar-refractivity contribution >= 4 is 5.65 Å². The molecule has 5 aromatic rings. The number of imidazole rings is 1. The second-order valence-electron chi connectivity index (χ2n) is 7.81. The summed E-state index contributed by atoms with van der Waals surface area (Å²) in [4.78, 5) is 9.67. The molecule has 0 saturated heterocycles. The van der Waals surface area contributed by atoms with E-state index in [-0.39, 0.29) is 5.82 Å². The number of aromatic nitrogens is 3. The summed E-state index contributed by atoms with van der Waals surface area (Å²) in [5, 5.41) is 0. The fourth-order valence-electron chi connectivity index (χ4n) is 3.82. The molecule has 154 valence electrons. The maximum Gasteiger partial charge on any atom is 0.159 e. The minimum Gasteiger partial charge on any atom is -0.466 e. The van der Waals surface area contributed by atoms with E-state index in [0.29, 0.717) is 24.1 Å². The molecule has 0 aliphatic heterocycles. The Labute approximate surface area is 180 Å². The van der Waals surface area contributed by atoms with E-state index in [4.69, 9.17) is 14.4 Å². The SMILES string of the molecule is Cc1cc(Cc2cn3cc(-c4ccccc4F)nc(Cc4ccccc4)c3n2)oc1C. The molecule has 0 aliphatic rings. The van der Waals surface area contributed by atoms with Crippen molar-refractivity contribution < 1.29 is 8.81 Å². The van der Waals surface area contributed by atoms with Crippen molar-refractivity contribution in [3.05, 3.63) is 113 Å². The number of fused-ring (bicyclic) bond motifs is 1. The molecule has 2 aromatic carbocycles. The number of hydrogen-bond donors (Lipinski definition) is 0. The molecule has 0 unspecified atom stereocenters. The summed E-state index contributed by atoms with van der Waals surface area (Å²) in [5.74, 6) is 1.51. The van der Waals surface area contributed by atoms with Gasteiger partial charge in [0.1, 0.15) is 17.3 Å². The second-order valence-corrected chi connectivity index (χ2v) is 7.81. The van der Waals surface area contributed by atoms with E-state index in [9.17, 15) is 4.39 Å². The van der Waals surface area contributed by atoms with Crippen molar-refractivity contribution in [2.45, 2.75) is 26.7 Å². The average molecular weight is 411 g/mol. The maximum absolute atomic E-state index is 14.5. The van der Waals surface area contributed by atoms with Crippen molar-refractivity contribution in [1.29, 1.82) is 0 Å². The zero-order valence-corrected chi connectivity index (χ0v) is 17.5. The van der Waals surface area contributed by atoms with Gasteiger partial charge >= 0.3 is 0 Å². The summed E-state index contributed by atoms with van der Waals surface area (Å²) >= 11 is 0. The molecule has 0 N–H and O–H groups in total. The topological polar surface area (TPSA) is 43.3 Å². The van der Waals surface area contributed by atoms with Gasteiger partial charge in [-0.15, -0.1) is 0 Å². The molecule has 0 radical (unpaired) electrons. The average Bonchev–Trinajstić information content (AvgIpc) is 3.31. The number of aryl methyl sites for hydroxylation is 2. The van der Waals surface area contributed by atoms with Crippen LogP contribution in [-0.2, 0) is 12.8 Å². The lowest BCUT2D eigenvalue weighted by Crippen LogP contribution is -2.01. The van der Waals surface area contributed by atoms with E-state index in [1.165, 1.54) is 6.07 Å². The van der Waals surface area contributed by atoms with Crippen LogP contribution in [0.2, 0.25) is 0 Å². The van der Waals surface area contributed by atoms with Crippen LogP contribution >= 0.6 is 0 Å². The Kier molecular flexibility index (Phi) is 4.86. The first-order chi connectivity index (χ1) is 15.1. The van der Waals surface area contributed by atoms with Crippen LogP contribution in [-0.4, -0.2) is 14.4 Å². The van der Waals surface area contributed by atoms with Gasteiger partial charge < -0.3 is 8.82 Å². The number of furan rings is 1. The zero-order chi connectivity index (χ0) is 21.4. The lowest BCUT2D eigenvalue weighted by molar-refractivity contribution is 0.490. The van der Waals surface area contributed by atoms with Gasteiger partial charge in [-0.25, -0.2) is 14.4 Å². The molecule has 0 spiro atoms. The smallest absolute Gasteiger partial charge is 0.159 e. The third-order valence-electron chi connectivity index (χ3n) is 5.49. The van der Waals surface area contributed by atoms with Gasteiger partial charge in [-0.3, -0.25) is 0 Å². The van der Waals surface area contributed by atoms with Gasteiger partial charge in [0.05, 0.1) is 17.1 Å². The molecule has 0 aliphatic carbocycles. The first kappa shape index (κ1) is 19.2. The molecular formula is C26H22FN3O. The molecular weight excluding hydrogens is 389 g/mol. The van der Waals surface area contributed by atoms with Crippen molar-refractivity contribution in [3.63, 3.8) is 0 Å². The predicted molar refractivity (Wildman–Crippen MR) is 119 cm³/mol. The fraction of sp³-hybridized carbons (Fsp3) is 0.154. The summed E-state index contributed by atoms with van der Waals surface area (Å²) in [7, 11) is 0. The number of rotatable bonds is 5. The molecule has 5 heteroatoms. The normalized spacial score (nSPS) is 11.3. The molecule has 3 aromatic heterocycles. The van der Waals surface area contributed by atoms with Gasteiger partial charge in [0, 0.05) is 30.8 Å². The molecule has 0 bridgehead atoms. The highest BCUT2D eigenvalue weighted by molar-refractivity contribution is 5.62. The molecule has 0 saturated carbocycles. The van der Waals surface area contributed by atoms with Crippen LogP contribution in [0.25, 0.3) is 16.9 Å². The Morgan fingerprint density at radius 3 is 2.42 bits per heavy atom. The largest absolute Gasteiger partial charge is 0.466 e. The molecule has 31 heavy (non-hydrogen) atoms. The van der Waals surface area contributed by atoms with Crippen LogP contribution in [0.4, 0.5) is 4.39 Å². The van der Waals surface area contributed by atoms with E-state index < -0.39 is 0 Å². The second kappa shape index (κ2) is 7.84. The Morgan fingerprint density at radius 1 is 0.903 bits per heavy atom. The molecule has 0 fully saturated rings. The summed E-state index contributed by atoms with van der Waals surface area (Å²) < 4.78 is 22.3. The van der Waals surface area contributed by atoms with Gasteiger partial charge in [0.2, 0.25) is 0 Å². The maximum atomic E-state index is 14.5. The predicted octanol–water partition coefficient (Wildman–Crippen LogP) is 5.93. The van der Waals surface area contributed by atoms with Gasteiger partial charge in [0.15, 0.2) is 5.65 Å². The minimum absolute atomic E-state index is 0.290. The first-order valence-electron chi connectivity index (χ1n) is 10.3. The van der Waals surface area contributed by atoms with E-state index in [1.807, 2.05) is 61.0 Å². The third kappa shape index (κ3) is 3.87. The lowest BCUT2D eigenvalue weighted by atomic mass is 10.1. The molecule has 5 rings (SSSR count). The van der Waals surface area contributed by atoms with Crippen LogP contribution in [0.1, 0.15) is 34.0 Å². The van der Waals surface area contributed by atoms with Crippen LogP contribution in [0.15, 0.2) is 77.5 Å². The summed E-state index contributed by atoms with van der Waals surface area (Å²) in [6.07, 6.45) is 5.03.